The minimum Gasteiger partial charge on any atom is -0.383 e. The summed E-state index contributed by atoms with van der Waals surface area (Å²) < 4.78 is 20.7. The number of halogens is 1. The van der Waals surface area contributed by atoms with E-state index in [0.717, 1.165) is 54.1 Å². The lowest BCUT2D eigenvalue weighted by atomic mass is 9.94. The molecule has 41 heavy (non-hydrogen) atoms. The zero-order valence-electron chi connectivity index (χ0n) is 23.3. The van der Waals surface area contributed by atoms with E-state index in [9.17, 15) is 9.18 Å². The lowest BCUT2D eigenvalue weighted by Crippen LogP contribution is -2.42. The Balaban J connectivity index is 1.26. The predicted molar refractivity (Wildman–Crippen MR) is 155 cm³/mol. The molecule has 3 heterocycles. The average molecular weight is 556 g/mol. The molecule has 2 N–H and O–H groups in total. The zero-order valence-corrected chi connectivity index (χ0v) is 23.3. The number of hydrogen-bond acceptors (Lipinski definition) is 6. The zero-order chi connectivity index (χ0) is 28.3. The summed E-state index contributed by atoms with van der Waals surface area (Å²) in [6.45, 7) is 4.68. The molecule has 0 spiro atoms. The van der Waals surface area contributed by atoms with Gasteiger partial charge in [-0.15, -0.1) is 0 Å². The summed E-state index contributed by atoms with van der Waals surface area (Å²) in [7, 11) is 1.68. The van der Waals surface area contributed by atoms with Crippen LogP contribution in [-0.4, -0.2) is 70.1 Å². The first-order valence-corrected chi connectivity index (χ1v) is 14.0. The maximum atomic E-state index is 13.6. The molecule has 6 rings (SSSR count). The second kappa shape index (κ2) is 11.8. The monoisotopic (exact) mass is 555 g/mol. The molecule has 0 bridgehead atoms. The lowest BCUT2D eigenvalue weighted by molar-refractivity contribution is 0.159. The molecule has 10 heteroatoms. The second-order valence-corrected chi connectivity index (χ2v) is 10.8. The van der Waals surface area contributed by atoms with Crippen molar-refractivity contribution in [1.29, 1.82) is 0 Å². The van der Waals surface area contributed by atoms with Gasteiger partial charge in [-0.05, 0) is 49.6 Å². The van der Waals surface area contributed by atoms with Gasteiger partial charge in [-0.2, -0.15) is 5.10 Å². The van der Waals surface area contributed by atoms with E-state index in [2.05, 4.69) is 25.5 Å². The number of urea groups is 1. The molecule has 1 saturated carbocycles. The molecule has 2 aromatic carbocycles. The Labute approximate surface area is 238 Å². The van der Waals surface area contributed by atoms with Crippen LogP contribution in [0.1, 0.15) is 41.6 Å². The van der Waals surface area contributed by atoms with Crippen molar-refractivity contribution in [2.45, 2.75) is 37.6 Å². The van der Waals surface area contributed by atoms with Crippen LogP contribution >= 0.6 is 0 Å². The fourth-order valence-corrected chi connectivity index (χ4v) is 5.48. The fraction of sp³-hybridized carbons (Fsp3) is 0.355. The Morgan fingerprint density at radius 3 is 2.46 bits per heavy atom. The van der Waals surface area contributed by atoms with E-state index in [-0.39, 0.29) is 23.8 Å². The Morgan fingerprint density at radius 2 is 1.78 bits per heavy atom. The molecule has 2 aliphatic rings. The summed E-state index contributed by atoms with van der Waals surface area (Å²) in [5.74, 6) is 1.64. The molecule has 4 aromatic rings. The number of likely N-dealkylation sites (tertiary alicyclic amines) is 1. The standard InChI is InChI=1S/C31H34FN7O2/c1-20-28(23-16-33-29(34-17-23)22-8-9-22)37-39(25-6-4-3-5-7-25)30(20)36-31(40)35-27-19-38(14-15-41-2)18-26(27)21-10-12-24(32)13-11-21/h3-7,10-13,16-17,22,26-27H,8-9,14-15,18-19H2,1-2H3,(H2,35,36,40). The van der Waals surface area contributed by atoms with Gasteiger partial charge in [-0.1, -0.05) is 30.3 Å². The van der Waals surface area contributed by atoms with Crippen LogP contribution in [0.5, 0.6) is 0 Å². The molecule has 2 amide bonds. The summed E-state index contributed by atoms with van der Waals surface area (Å²) in [5.41, 5.74) is 4.13. The Bertz CT molecular complexity index is 1490. The summed E-state index contributed by atoms with van der Waals surface area (Å²) in [5, 5.41) is 11.1. The lowest BCUT2D eigenvalue weighted by Gasteiger charge is -2.21. The first kappa shape index (κ1) is 27.0. The van der Waals surface area contributed by atoms with Crippen molar-refractivity contribution in [3.63, 3.8) is 0 Å². The summed E-state index contributed by atoms with van der Waals surface area (Å²) in [6, 6.07) is 15.7. The first-order valence-electron chi connectivity index (χ1n) is 14.0. The number of ether oxygens (including phenoxy) is 1. The van der Waals surface area contributed by atoms with Gasteiger partial charge in [-0.25, -0.2) is 23.8 Å². The Kier molecular flexibility index (Phi) is 7.76. The van der Waals surface area contributed by atoms with Gasteiger partial charge in [0.25, 0.3) is 0 Å². The van der Waals surface area contributed by atoms with Crippen molar-refractivity contribution >= 4 is 11.8 Å². The molecule has 0 radical (unpaired) electrons. The topological polar surface area (TPSA) is 97.2 Å². The summed E-state index contributed by atoms with van der Waals surface area (Å²) in [6.07, 6.45) is 5.90. The SMILES string of the molecule is COCCN1CC(NC(=O)Nc2c(C)c(-c3cnc(C4CC4)nc3)nn2-c2ccccc2)C(c2ccc(F)cc2)C1. The number of carbonyl (C=O) groups is 1. The van der Waals surface area contributed by atoms with Crippen LogP contribution < -0.4 is 10.6 Å². The molecule has 2 fully saturated rings. The van der Waals surface area contributed by atoms with Crippen LogP contribution in [0.15, 0.2) is 67.0 Å². The number of aromatic nitrogens is 4. The summed E-state index contributed by atoms with van der Waals surface area (Å²) in [4.78, 5) is 24.9. The molecule has 1 aliphatic carbocycles. The van der Waals surface area contributed by atoms with Crippen LogP contribution in [0.2, 0.25) is 0 Å². The molecular formula is C31H34FN7O2. The maximum Gasteiger partial charge on any atom is 0.320 e. The number of nitrogens with zero attached hydrogens (tertiary/aromatic N) is 5. The second-order valence-electron chi connectivity index (χ2n) is 10.8. The number of anilines is 1. The number of nitrogens with one attached hydrogen (secondary N) is 2. The summed E-state index contributed by atoms with van der Waals surface area (Å²) >= 11 is 0. The van der Waals surface area contributed by atoms with Crippen molar-refractivity contribution < 1.29 is 13.9 Å². The van der Waals surface area contributed by atoms with Crippen molar-refractivity contribution in [2.24, 2.45) is 0 Å². The Hall–Kier alpha value is -4.15. The van der Waals surface area contributed by atoms with Gasteiger partial charge in [0.2, 0.25) is 0 Å². The highest BCUT2D eigenvalue weighted by Crippen LogP contribution is 2.38. The Morgan fingerprint density at radius 1 is 1.05 bits per heavy atom. The number of benzene rings is 2. The van der Waals surface area contributed by atoms with Gasteiger partial charge in [0, 0.05) is 62.1 Å². The minimum atomic E-state index is -0.331. The highest BCUT2D eigenvalue weighted by molar-refractivity contribution is 5.91. The smallest absolute Gasteiger partial charge is 0.320 e. The van der Waals surface area contributed by atoms with Crippen molar-refractivity contribution in [3.05, 3.63) is 89.8 Å². The van der Waals surface area contributed by atoms with Crippen LogP contribution in [-0.2, 0) is 4.74 Å². The highest BCUT2D eigenvalue weighted by Gasteiger charge is 2.35. The molecule has 1 saturated heterocycles. The fourth-order valence-electron chi connectivity index (χ4n) is 5.48. The third-order valence-electron chi connectivity index (χ3n) is 7.86. The average Bonchev–Trinajstić information content (AvgIpc) is 3.70. The van der Waals surface area contributed by atoms with Crippen molar-refractivity contribution in [3.8, 4) is 16.9 Å². The van der Waals surface area contributed by atoms with E-state index in [0.29, 0.717) is 30.6 Å². The number of carbonyl (C=O) groups excluding carboxylic acids is 1. The van der Waals surface area contributed by atoms with E-state index in [4.69, 9.17) is 9.84 Å². The van der Waals surface area contributed by atoms with Crippen molar-refractivity contribution in [1.82, 2.24) is 30.0 Å². The molecule has 2 atom stereocenters. The maximum absolute atomic E-state index is 13.6. The van der Waals surface area contributed by atoms with Gasteiger partial charge >= 0.3 is 6.03 Å². The van der Waals surface area contributed by atoms with Crippen LogP contribution in [0, 0.1) is 12.7 Å². The van der Waals surface area contributed by atoms with Gasteiger partial charge in [0.05, 0.1) is 18.3 Å². The normalized spacial score (nSPS) is 18.9. The molecule has 9 nitrogen and oxygen atoms in total. The van der Waals surface area contributed by atoms with Crippen LogP contribution in [0.25, 0.3) is 16.9 Å². The van der Waals surface area contributed by atoms with E-state index in [1.54, 1.807) is 23.9 Å². The van der Waals surface area contributed by atoms with E-state index >= 15 is 0 Å². The molecule has 212 valence electrons. The van der Waals surface area contributed by atoms with Gasteiger partial charge in [0.1, 0.15) is 23.2 Å². The largest absolute Gasteiger partial charge is 0.383 e. The third-order valence-corrected chi connectivity index (χ3v) is 7.86. The third kappa shape index (κ3) is 5.98. The van der Waals surface area contributed by atoms with E-state index in [1.807, 2.05) is 49.6 Å². The van der Waals surface area contributed by atoms with Gasteiger partial charge in [0.15, 0.2) is 0 Å². The molecule has 1 aliphatic heterocycles. The highest BCUT2D eigenvalue weighted by atomic mass is 19.1. The van der Waals surface area contributed by atoms with E-state index in [1.165, 1.54) is 12.1 Å². The molecule has 2 unspecified atom stereocenters. The molecule has 2 aromatic heterocycles. The van der Waals surface area contributed by atoms with Crippen LogP contribution in [0.4, 0.5) is 15.0 Å². The predicted octanol–water partition coefficient (Wildman–Crippen LogP) is 4.89. The van der Waals surface area contributed by atoms with Crippen LogP contribution in [0.3, 0.4) is 0 Å². The first-order chi connectivity index (χ1) is 20.0. The van der Waals surface area contributed by atoms with Gasteiger partial charge in [-0.3, -0.25) is 10.2 Å². The number of methoxy groups -OCH3 is 1. The number of hydrogen-bond donors (Lipinski definition) is 2. The van der Waals surface area contributed by atoms with E-state index < -0.39 is 0 Å². The number of amides is 2. The number of para-hydroxylation sites is 1. The number of rotatable bonds is 9. The van der Waals surface area contributed by atoms with Crippen molar-refractivity contribution in [2.75, 3.05) is 38.7 Å². The molecular weight excluding hydrogens is 521 g/mol. The van der Waals surface area contributed by atoms with Gasteiger partial charge < -0.3 is 10.1 Å². The quantitative estimate of drug-likeness (QED) is 0.305. The minimum absolute atomic E-state index is 0.0102.